The third kappa shape index (κ3) is 3.66. The Morgan fingerprint density at radius 3 is 2.82 bits per heavy atom. The minimum absolute atomic E-state index is 0.00974. The van der Waals surface area contributed by atoms with Crippen molar-refractivity contribution in [2.45, 2.75) is 19.3 Å². The van der Waals surface area contributed by atoms with Gasteiger partial charge in [0, 0.05) is 42.0 Å². The molecular formula is C26H25N7O. The van der Waals surface area contributed by atoms with Crippen LogP contribution in [0.2, 0.25) is 0 Å². The number of aliphatic hydroxyl groups is 1. The number of hydrogen-bond acceptors (Lipinski definition) is 7. The maximum atomic E-state index is 9.98. The first-order valence-electron chi connectivity index (χ1n) is 11.0. The quantitative estimate of drug-likeness (QED) is 0.418. The summed E-state index contributed by atoms with van der Waals surface area (Å²) in [7, 11) is 1.96. The zero-order valence-electron chi connectivity index (χ0n) is 19.3. The van der Waals surface area contributed by atoms with Crippen molar-refractivity contribution in [1.29, 1.82) is 5.26 Å². The standard InChI is InChI=1S/C26H25N7O/c1-16-4-5-17(23-12-28-15-33(23)3)10-22(16)32-25-29-7-6-21(31-25)18-8-19(11-27)24-20(9-18)26(2,14-34)13-30-24/h4-10,12,15,30,34H,13-14H2,1-3H3,(H,29,31,32)/t26-/m1/s1. The number of aryl methyl sites for hydroxylation is 2. The Morgan fingerprint density at radius 2 is 2.09 bits per heavy atom. The van der Waals surface area contributed by atoms with Gasteiger partial charge in [0.15, 0.2) is 0 Å². The summed E-state index contributed by atoms with van der Waals surface area (Å²) >= 11 is 0. The van der Waals surface area contributed by atoms with Crippen molar-refractivity contribution in [3.63, 3.8) is 0 Å². The van der Waals surface area contributed by atoms with Gasteiger partial charge in [-0.05, 0) is 42.3 Å². The molecule has 8 heteroatoms. The number of nitriles is 1. The number of nitrogens with one attached hydrogen (secondary N) is 2. The fourth-order valence-electron chi connectivity index (χ4n) is 4.32. The van der Waals surface area contributed by atoms with Crippen LogP contribution in [0.5, 0.6) is 0 Å². The smallest absolute Gasteiger partial charge is 0.227 e. The number of benzene rings is 2. The van der Waals surface area contributed by atoms with E-state index in [0.717, 1.165) is 39.3 Å². The van der Waals surface area contributed by atoms with E-state index >= 15 is 0 Å². The fraction of sp³-hybridized carbons (Fsp3) is 0.231. The van der Waals surface area contributed by atoms with Crippen molar-refractivity contribution in [3.8, 4) is 28.6 Å². The van der Waals surface area contributed by atoms with Crippen LogP contribution in [0, 0.1) is 18.3 Å². The number of imidazole rings is 1. The zero-order chi connectivity index (χ0) is 23.9. The van der Waals surface area contributed by atoms with Gasteiger partial charge in [-0.3, -0.25) is 0 Å². The lowest BCUT2D eigenvalue weighted by Crippen LogP contribution is -2.28. The molecule has 170 valence electrons. The molecule has 0 unspecified atom stereocenters. The second-order valence-corrected chi connectivity index (χ2v) is 8.94. The van der Waals surface area contributed by atoms with E-state index in [0.29, 0.717) is 23.8 Å². The third-order valence-electron chi connectivity index (χ3n) is 6.46. The topological polar surface area (TPSA) is 112 Å². The van der Waals surface area contributed by atoms with Crippen LogP contribution in [-0.2, 0) is 12.5 Å². The summed E-state index contributed by atoms with van der Waals surface area (Å²) in [6, 6.07) is 14.1. The van der Waals surface area contributed by atoms with Gasteiger partial charge in [-0.15, -0.1) is 0 Å². The summed E-state index contributed by atoms with van der Waals surface area (Å²) in [6.07, 6.45) is 5.31. The molecule has 0 saturated carbocycles. The van der Waals surface area contributed by atoms with E-state index in [1.54, 1.807) is 12.5 Å². The number of rotatable bonds is 5. The van der Waals surface area contributed by atoms with Gasteiger partial charge >= 0.3 is 0 Å². The molecule has 2 aromatic heterocycles. The second-order valence-electron chi connectivity index (χ2n) is 8.94. The fourth-order valence-corrected chi connectivity index (χ4v) is 4.32. The van der Waals surface area contributed by atoms with Crippen molar-refractivity contribution < 1.29 is 5.11 Å². The highest BCUT2D eigenvalue weighted by molar-refractivity contribution is 5.77. The average molecular weight is 452 g/mol. The Morgan fingerprint density at radius 1 is 1.24 bits per heavy atom. The lowest BCUT2D eigenvalue weighted by molar-refractivity contribution is 0.219. The Hall–Kier alpha value is -4.22. The molecule has 34 heavy (non-hydrogen) atoms. The van der Waals surface area contributed by atoms with Crippen molar-refractivity contribution in [3.05, 3.63) is 71.8 Å². The molecule has 0 fully saturated rings. The van der Waals surface area contributed by atoms with Crippen molar-refractivity contribution in [2.75, 3.05) is 23.8 Å². The van der Waals surface area contributed by atoms with Gasteiger partial charge in [-0.1, -0.05) is 19.1 Å². The van der Waals surface area contributed by atoms with E-state index in [9.17, 15) is 10.4 Å². The van der Waals surface area contributed by atoms with Crippen LogP contribution in [0.15, 0.2) is 55.1 Å². The summed E-state index contributed by atoms with van der Waals surface area (Å²) in [5.74, 6) is 0.463. The SMILES string of the molecule is Cc1ccc(-c2cncn2C)cc1Nc1nccc(-c2cc(C#N)c3c(c2)[C@@](C)(CO)CN3)n1. The number of aromatic nitrogens is 4. The van der Waals surface area contributed by atoms with Crippen LogP contribution >= 0.6 is 0 Å². The molecule has 0 spiro atoms. The van der Waals surface area contributed by atoms with Crippen LogP contribution in [0.4, 0.5) is 17.3 Å². The van der Waals surface area contributed by atoms with E-state index in [1.165, 1.54) is 0 Å². The molecule has 5 rings (SSSR count). The molecule has 1 aliphatic rings. The van der Waals surface area contributed by atoms with E-state index in [-0.39, 0.29) is 6.61 Å². The van der Waals surface area contributed by atoms with E-state index in [1.807, 2.05) is 49.9 Å². The highest BCUT2D eigenvalue weighted by Gasteiger charge is 2.35. The van der Waals surface area contributed by atoms with Gasteiger partial charge in [0.05, 0.1) is 41.8 Å². The molecular weight excluding hydrogens is 426 g/mol. The molecule has 8 nitrogen and oxygen atoms in total. The Bertz CT molecular complexity index is 1440. The predicted octanol–water partition coefficient (Wildman–Crippen LogP) is 4.14. The monoisotopic (exact) mass is 451 g/mol. The van der Waals surface area contributed by atoms with E-state index in [2.05, 4.69) is 44.9 Å². The Kier molecular flexibility index (Phi) is 5.27. The number of hydrogen-bond donors (Lipinski definition) is 3. The Labute approximate surface area is 198 Å². The van der Waals surface area contributed by atoms with Gasteiger partial charge in [0.2, 0.25) is 5.95 Å². The first-order chi connectivity index (χ1) is 16.4. The first-order valence-corrected chi connectivity index (χ1v) is 11.0. The summed E-state index contributed by atoms with van der Waals surface area (Å²) in [6.45, 7) is 4.59. The molecule has 4 aromatic rings. The lowest BCUT2D eigenvalue weighted by atomic mass is 9.83. The van der Waals surface area contributed by atoms with E-state index in [4.69, 9.17) is 4.98 Å². The molecule has 1 aliphatic heterocycles. The van der Waals surface area contributed by atoms with Gasteiger partial charge in [-0.2, -0.15) is 5.26 Å². The predicted molar refractivity (Wildman–Crippen MR) is 132 cm³/mol. The van der Waals surface area contributed by atoms with Crippen LogP contribution in [-0.4, -0.2) is 37.8 Å². The second kappa shape index (κ2) is 8.28. The first kappa shape index (κ1) is 21.6. The van der Waals surface area contributed by atoms with Crippen LogP contribution < -0.4 is 10.6 Å². The number of fused-ring (bicyclic) bond motifs is 1. The summed E-state index contributed by atoms with van der Waals surface area (Å²) < 4.78 is 1.97. The van der Waals surface area contributed by atoms with Crippen molar-refractivity contribution in [1.82, 2.24) is 19.5 Å². The van der Waals surface area contributed by atoms with Crippen molar-refractivity contribution >= 4 is 17.3 Å². The maximum absolute atomic E-state index is 9.98. The number of aliphatic hydroxyl groups excluding tert-OH is 1. The third-order valence-corrected chi connectivity index (χ3v) is 6.46. The normalized spacial score (nSPS) is 16.6. The van der Waals surface area contributed by atoms with Gasteiger partial charge in [0.1, 0.15) is 6.07 Å². The van der Waals surface area contributed by atoms with E-state index < -0.39 is 5.41 Å². The largest absolute Gasteiger partial charge is 0.395 e. The minimum Gasteiger partial charge on any atom is -0.395 e. The molecule has 0 saturated heterocycles. The maximum Gasteiger partial charge on any atom is 0.227 e. The molecule has 0 aliphatic carbocycles. The number of nitrogens with zero attached hydrogens (tertiary/aromatic N) is 5. The van der Waals surface area contributed by atoms with Crippen LogP contribution in [0.3, 0.4) is 0 Å². The van der Waals surface area contributed by atoms with Gasteiger partial charge in [0.25, 0.3) is 0 Å². The molecule has 1 atom stereocenters. The number of anilines is 3. The zero-order valence-corrected chi connectivity index (χ0v) is 19.3. The Balaban J connectivity index is 1.51. The molecule has 0 bridgehead atoms. The molecule has 0 amide bonds. The van der Waals surface area contributed by atoms with Crippen LogP contribution in [0.1, 0.15) is 23.6 Å². The molecule has 0 radical (unpaired) electrons. The highest BCUT2D eigenvalue weighted by atomic mass is 16.3. The van der Waals surface area contributed by atoms with Crippen molar-refractivity contribution in [2.24, 2.45) is 7.05 Å². The minimum atomic E-state index is -0.450. The van der Waals surface area contributed by atoms with Crippen LogP contribution in [0.25, 0.3) is 22.5 Å². The highest BCUT2D eigenvalue weighted by Crippen LogP contribution is 2.41. The lowest BCUT2D eigenvalue weighted by Gasteiger charge is -2.21. The average Bonchev–Trinajstić information content (AvgIpc) is 3.43. The van der Waals surface area contributed by atoms with Gasteiger partial charge < -0.3 is 20.3 Å². The summed E-state index contributed by atoms with van der Waals surface area (Å²) in [5, 5.41) is 26.3. The summed E-state index contributed by atoms with van der Waals surface area (Å²) in [5.41, 5.74) is 7.33. The molecule has 3 N–H and O–H groups in total. The van der Waals surface area contributed by atoms with Gasteiger partial charge in [-0.25, -0.2) is 15.0 Å². The molecule has 3 heterocycles. The molecule has 2 aromatic carbocycles. The summed E-state index contributed by atoms with van der Waals surface area (Å²) in [4.78, 5) is 13.4.